The fourth-order valence-corrected chi connectivity index (χ4v) is 2.38. The smallest absolute Gasteiger partial charge is 0.307 e. The summed E-state index contributed by atoms with van der Waals surface area (Å²) < 4.78 is 0. The van der Waals surface area contributed by atoms with Crippen molar-refractivity contribution in [2.24, 2.45) is 5.92 Å². The molecule has 1 atom stereocenters. The van der Waals surface area contributed by atoms with Gasteiger partial charge in [-0.1, -0.05) is 30.1 Å². The number of hydrogen-bond acceptors (Lipinski definition) is 2. The van der Waals surface area contributed by atoms with Crippen LogP contribution in [0.1, 0.15) is 6.92 Å². The Morgan fingerprint density at radius 1 is 1.53 bits per heavy atom. The summed E-state index contributed by atoms with van der Waals surface area (Å²) in [6.45, 7) is 1.67. The molecule has 0 aliphatic rings. The summed E-state index contributed by atoms with van der Waals surface area (Å²) in [5.74, 6) is -0.689. The molecule has 0 aliphatic heterocycles. The fourth-order valence-electron chi connectivity index (χ4n) is 0.878. The van der Waals surface area contributed by atoms with Gasteiger partial charge in [-0.05, 0) is 18.2 Å². The van der Waals surface area contributed by atoms with Crippen LogP contribution in [0.15, 0.2) is 23.1 Å². The minimum atomic E-state index is -0.799. The van der Waals surface area contributed by atoms with Crippen LogP contribution in [-0.2, 0) is 4.79 Å². The van der Waals surface area contributed by atoms with E-state index in [2.05, 4.69) is 0 Å². The highest BCUT2D eigenvalue weighted by molar-refractivity contribution is 7.99. The van der Waals surface area contributed by atoms with Crippen molar-refractivity contribution in [1.82, 2.24) is 0 Å². The lowest BCUT2D eigenvalue weighted by Gasteiger charge is -2.07. The first-order valence-corrected chi connectivity index (χ1v) is 6.05. The molecule has 0 amide bonds. The summed E-state index contributed by atoms with van der Waals surface area (Å²) >= 11 is 13.1. The third-order valence-electron chi connectivity index (χ3n) is 1.80. The number of carboxylic acids is 1. The third-order valence-corrected chi connectivity index (χ3v) is 3.80. The second-order valence-electron chi connectivity index (χ2n) is 3.13. The molecule has 0 saturated carbocycles. The Bertz CT molecular complexity index is 368. The lowest BCUT2D eigenvalue weighted by Crippen LogP contribution is -2.11. The van der Waals surface area contributed by atoms with Gasteiger partial charge in [0.05, 0.1) is 10.9 Å². The van der Waals surface area contributed by atoms with Gasteiger partial charge in [0.25, 0.3) is 0 Å². The van der Waals surface area contributed by atoms with Crippen molar-refractivity contribution in [3.05, 3.63) is 28.2 Å². The topological polar surface area (TPSA) is 37.3 Å². The monoisotopic (exact) mass is 264 g/mol. The van der Waals surface area contributed by atoms with E-state index in [1.54, 1.807) is 25.1 Å². The Labute approximate surface area is 103 Å². The first kappa shape index (κ1) is 12.7. The molecule has 0 heterocycles. The number of benzene rings is 1. The van der Waals surface area contributed by atoms with Crippen LogP contribution >= 0.6 is 35.0 Å². The van der Waals surface area contributed by atoms with E-state index in [4.69, 9.17) is 28.3 Å². The van der Waals surface area contributed by atoms with E-state index in [9.17, 15) is 4.79 Å². The average Bonchev–Trinajstić information content (AvgIpc) is 2.15. The van der Waals surface area contributed by atoms with Crippen LogP contribution in [0.4, 0.5) is 0 Å². The predicted molar refractivity (Wildman–Crippen MR) is 64.0 cm³/mol. The van der Waals surface area contributed by atoms with Gasteiger partial charge in [0.2, 0.25) is 0 Å². The second-order valence-corrected chi connectivity index (χ2v) is 5.03. The van der Waals surface area contributed by atoms with Gasteiger partial charge in [-0.25, -0.2) is 0 Å². The van der Waals surface area contributed by atoms with Crippen LogP contribution in [0, 0.1) is 5.92 Å². The fraction of sp³-hybridized carbons (Fsp3) is 0.300. The molecular formula is C10H10Cl2O2S. The van der Waals surface area contributed by atoms with Gasteiger partial charge in [-0.2, -0.15) is 0 Å². The lowest BCUT2D eigenvalue weighted by atomic mass is 10.2. The standard InChI is InChI=1S/C10H10Cl2O2S/c1-6(10(13)14)5-15-9-3-2-7(11)4-8(9)12/h2-4,6H,5H2,1H3,(H,13,14). The Hall–Kier alpha value is -0.380. The minimum absolute atomic E-state index is 0.387. The maximum absolute atomic E-state index is 10.6. The second kappa shape index (κ2) is 5.64. The lowest BCUT2D eigenvalue weighted by molar-refractivity contribution is -0.140. The molecule has 0 aliphatic carbocycles. The van der Waals surface area contributed by atoms with Crippen molar-refractivity contribution in [2.75, 3.05) is 5.75 Å². The maximum Gasteiger partial charge on any atom is 0.307 e. The van der Waals surface area contributed by atoms with Crippen LogP contribution in [0.3, 0.4) is 0 Å². The molecule has 82 valence electrons. The van der Waals surface area contributed by atoms with Gasteiger partial charge < -0.3 is 5.11 Å². The van der Waals surface area contributed by atoms with Crippen LogP contribution in [-0.4, -0.2) is 16.8 Å². The van der Waals surface area contributed by atoms with Crippen molar-refractivity contribution in [1.29, 1.82) is 0 Å². The van der Waals surface area contributed by atoms with Crippen molar-refractivity contribution < 1.29 is 9.90 Å². The first-order valence-electron chi connectivity index (χ1n) is 4.31. The summed E-state index contributed by atoms with van der Waals surface area (Å²) in [5.41, 5.74) is 0. The van der Waals surface area contributed by atoms with E-state index in [-0.39, 0.29) is 5.92 Å². The number of thioether (sulfide) groups is 1. The zero-order valence-corrected chi connectivity index (χ0v) is 10.4. The highest BCUT2D eigenvalue weighted by Crippen LogP contribution is 2.30. The van der Waals surface area contributed by atoms with Gasteiger partial charge in [0.1, 0.15) is 0 Å². The van der Waals surface area contributed by atoms with Crippen LogP contribution < -0.4 is 0 Å². The Morgan fingerprint density at radius 3 is 2.73 bits per heavy atom. The summed E-state index contributed by atoms with van der Waals surface area (Å²) in [7, 11) is 0. The molecule has 0 radical (unpaired) electrons. The number of hydrogen-bond donors (Lipinski definition) is 1. The number of rotatable bonds is 4. The zero-order chi connectivity index (χ0) is 11.4. The molecule has 0 bridgehead atoms. The minimum Gasteiger partial charge on any atom is -0.481 e. The van der Waals surface area contributed by atoms with Crippen molar-refractivity contribution in [3.8, 4) is 0 Å². The van der Waals surface area contributed by atoms with Gasteiger partial charge in [0.15, 0.2) is 0 Å². The Kier molecular flexibility index (Phi) is 4.77. The van der Waals surface area contributed by atoms with Crippen LogP contribution in [0.5, 0.6) is 0 Å². The average molecular weight is 265 g/mol. The first-order chi connectivity index (χ1) is 7.00. The van der Waals surface area contributed by atoms with Crippen LogP contribution in [0.25, 0.3) is 0 Å². The molecule has 2 nitrogen and oxygen atoms in total. The molecule has 1 N–H and O–H groups in total. The van der Waals surface area contributed by atoms with Crippen molar-refractivity contribution >= 4 is 40.9 Å². The number of carboxylic acid groups (broad SMARTS) is 1. The normalized spacial score (nSPS) is 12.5. The summed E-state index contributed by atoms with van der Waals surface area (Å²) in [5, 5.41) is 9.85. The number of carbonyl (C=O) groups is 1. The van der Waals surface area contributed by atoms with E-state index in [0.717, 1.165) is 4.90 Å². The molecule has 0 spiro atoms. The number of aliphatic carboxylic acids is 1. The molecule has 0 fully saturated rings. The third kappa shape index (κ3) is 3.93. The van der Waals surface area contributed by atoms with E-state index in [0.29, 0.717) is 15.8 Å². The SMILES string of the molecule is CC(CSc1ccc(Cl)cc1Cl)C(=O)O. The number of halogens is 2. The van der Waals surface area contributed by atoms with Gasteiger partial charge in [0, 0.05) is 15.7 Å². The predicted octanol–water partition coefficient (Wildman–Crippen LogP) is 3.81. The van der Waals surface area contributed by atoms with Crippen LogP contribution in [0.2, 0.25) is 10.0 Å². The van der Waals surface area contributed by atoms with Gasteiger partial charge in [-0.15, -0.1) is 11.8 Å². The Morgan fingerprint density at radius 2 is 2.20 bits per heavy atom. The largest absolute Gasteiger partial charge is 0.481 e. The molecule has 1 rings (SSSR count). The molecule has 0 aromatic heterocycles. The summed E-state index contributed by atoms with van der Waals surface area (Å²) in [6, 6.07) is 5.18. The van der Waals surface area contributed by atoms with Crippen molar-refractivity contribution in [3.63, 3.8) is 0 Å². The molecular weight excluding hydrogens is 255 g/mol. The van der Waals surface area contributed by atoms with Gasteiger partial charge in [-0.3, -0.25) is 4.79 Å². The molecule has 1 aromatic carbocycles. The highest BCUT2D eigenvalue weighted by atomic mass is 35.5. The summed E-state index contributed by atoms with van der Waals surface area (Å²) in [6.07, 6.45) is 0. The zero-order valence-electron chi connectivity index (χ0n) is 8.04. The molecule has 1 unspecified atom stereocenters. The van der Waals surface area contributed by atoms with E-state index in [1.165, 1.54) is 11.8 Å². The van der Waals surface area contributed by atoms with E-state index in [1.807, 2.05) is 0 Å². The highest BCUT2D eigenvalue weighted by Gasteiger charge is 2.12. The molecule has 0 saturated heterocycles. The van der Waals surface area contributed by atoms with E-state index >= 15 is 0 Å². The van der Waals surface area contributed by atoms with Crippen molar-refractivity contribution in [2.45, 2.75) is 11.8 Å². The van der Waals surface area contributed by atoms with Gasteiger partial charge >= 0.3 is 5.97 Å². The molecule has 1 aromatic rings. The quantitative estimate of drug-likeness (QED) is 0.841. The Balaban J connectivity index is 2.62. The summed E-state index contributed by atoms with van der Waals surface area (Å²) in [4.78, 5) is 11.4. The molecule has 5 heteroatoms. The molecule has 15 heavy (non-hydrogen) atoms. The maximum atomic E-state index is 10.6. The van der Waals surface area contributed by atoms with E-state index < -0.39 is 5.97 Å².